The van der Waals surface area contributed by atoms with E-state index in [0.717, 1.165) is 37.1 Å². The van der Waals surface area contributed by atoms with E-state index in [9.17, 15) is 4.39 Å². The van der Waals surface area contributed by atoms with Gasteiger partial charge in [0.2, 0.25) is 0 Å². The minimum atomic E-state index is -0.147. The number of hydrogen-bond acceptors (Lipinski definition) is 2. The molecule has 0 aromatic heterocycles. The molecule has 1 aromatic carbocycles. The van der Waals surface area contributed by atoms with Crippen LogP contribution in [-0.4, -0.2) is 26.2 Å². The van der Waals surface area contributed by atoms with Crippen molar-refractivity contribution in [3.63, 3.8) is 0 Å². The van der Waals surface area contributed by atoms with E-state index < -0.39 is 0 Å². The average molecular weight is 273 g/mol. The minimum absolute atomic E-state index is 0.147. The van der Waals surface area contributed by atoms with Gasteiger partial charge in [-0.05, 0) is 31.2 Å². The van der Waals surface area contributed by atoms with Gasteiger partial charge in [-0.1, -0.05) is 15.9 Å². The highest BCUT2D eigenvalue weighted by atomic mass is 79.9. The molecule has 2 nitrogen and oxygen atoms in total. The van der Waals surface area contributed by atoms with Crippen LogP contribution in [-0.2, 0) is 0 Å². The third-order valence-corrected chi connectivity index (χ3v) is 3.08. The molecule has 1 aliphatic heterocycles. The Balaban J connectivity index is 2.19. The topological polar surface area (TPSA) is 15.3 Å². The fourth-order valence-electron chi connectivity index (χ4n) is 1.82. The molecule has 1 saturated heterocycles. The van der Waals surface area contributed by atoms with E-state index in [1.807, 2.05) is 12.1 Å². The molecular formula is C11H14BrFN2. The van der Waals surface area contributed by atoms with Gasteiger partial charge < -0.3 is 10.2 Å². The smallest absolute Gasteiger partial charge is 0.147 e. The number of halogens is 2. The zero-order chi connectivity index (χ0) is 10.7. The van der Waals surface area contributed by atoms with Gasteiger partial charge in [0.25, 0.3) is 0 Å². The summed E-state index contributed by atoms with van der Waals surface area (Å²) < 4.78 is 14.5. The number of nitrogens with zero attached hydrogens (tertiary/aromatic N) is 1. The van der Waals surface area contributed by atoms with E-state index in [2.05, 4.69) is 26.1 Å². The lowest BCUT2D eigenvalue weighted by Crippen LogP contribution is -2.28. The van der Waals surface area contributed by atoms with Crippen LogP contribution in [0.4, 0.5) is 10.1 Å². The Morgan fingerprint density at radius 3 is 2.93 bits per heavy atom. The van der Waals surface area contributed by atoms with Crippen molar-refractivity contribution in [1.29, 1.82) is 0 Å². The molecule has 0 saturated carbocycles. The van der Waals surface area contributed by atoms with Crippen LogP contribution in [0.5, 0.6) is 0 Å². The molecular weight excluding hydrogens is 259 g/mol. The van der Waals surface area contributed by atoms with E-state index in [-0.39, 0.29) is 5.82 Å². The quantitative estimate of drug-likeness (QED) is 0.845. The first-order valence-corrected chi connectivity index (χ1v) is 5.97. The van der Waals surface area contributed by atoms with Crippen molar-refractivity contribution in [1.82, 2.24) is 5.32 Å². The second kappa shape index (κ2) is 4.94. The summed E-state index contributed by atoms with van der Waals surface area (Å²) in [4.78, 5) is 2.10. The first-order valence-electron chi connectivity index (χ1n) is 5.18. The summed E-state index contributed by atoms with van der Waals surface area (Å²) in [5, 5.41) is 3.30. The summed E-state index contributed by atoms with van der Waals surface area (Å²) in [5.41, 5.74) is 0.710. The van der Waals surface area contributed by atoms with E-state index in [1.54, 1.807) is 0 Å². The van der Waals surface area contributed by atoms with Crippen LogP contribution < -0.4 is 10.2 Å². The molecule has 2 rings (SSSR count). The number of anilines is 1. The first-order chi connectivity index (χ1) is 7.27. The first kappa shape index (κ1) is 10.9. The summed E-state index contributed by atoms with van der Waals surface area (Å²) in [6.45, 7) is 3.74. The number of nitrogens with one attached hydrogen (secondary N) is 1. The molecule has 0 radical (unpaired) electrons. The molecule has 0 atom stereocenters. The van der Waals surface area contributed by atoms with E-state index in [0.29, 0.717) is 5.69 Å². The van der Waals surface area contributed by atoms with Crippen molar-refractivity contribution in [2.24, 2.45) is 0 Å². The Morgan fingerprint density at radius 1 is 1.27 bits per heavy atom. The lowest BCUT2D eigenvalue weighted by atomic mass is 10.2. The molecule has 1 N–H and O–H groups in total. The fourth-order valence-corrected chi connectivity index (χ4v) is 2.16. The lowest BCUT2D eigenvalue weighted by Gasteiger charge is -2.22. The largest absolute Gasteiger partial charge is 0.368 e. The predicted molar refractivity (Wildman–Crippen MR) is 63.8 cm³/mol. The Morgan fingerprint density at radius 2 is 2.13 bits per heavy atom. The van der Waals surface area contributed by atoms with E-state index in [4.69, 9.17) is 0 Å². The Labute approximate surface area is 97.6 Å². The van der Waals surface area contributed by atoms with E-state index >= 15 is 0 Å². The SMILES string of the molecule is Fc1cc(Br)ccc1N1CCCNCC1. The van der Waals surface area contributed by atoms with Crippen molar-refractivity contribution >= 4 is 21.6 Å². The number of hydrogen-bond donors (Lipinski definition) is 1. The molecule has 1 aliphatic rings. The molecule has 0 spiro atoms. The molecule has 0 unspecified atom stereocenters. The maximum atomic E-state index is 13.7. The van der Waals surface area contributed by atoms with Crippen LogP contribution in [0.2, 0.25) is 0 Å². The highest BCUT2D eigenvalue weighted by Gasteiger charge is 2.13. The molecule has 1 heterocycles. The third kappa shape index (κ3) is 2.69. The molecule has 15 heavy (non-hydrogen) atoms. The van der Waals surface area contributed by atoms with Gasteiger partial charge in [0.1, 0.15) is 5.82 Å². The fraction of sp³-hybridized carbons (Fsp3) is 0.455. The average Bonchev–Trinajstić information content (AvgIpc) is 2.46. The van der Waals surface area contributed by atoms with Gasteiger partial charge in [0.15, 0.2) is 0 Å². The van der Waals surface area contributed by atoms with Gasteiger partial charge in [-0.25, -0.2) is 4.39 Å². The van der Waals surface area contributed by atoms with E-state index in [1.165, 1.54) is 6.07 Å². The zero-order valence-corrected chi connectivity index (χ0v) is 10.1. The van der Waals surface area contributed by atoms with Gasteiger partial charge in [0, 0.05) is 24.1 Å². The second-order valence-electron chi connectivity index (χ2n) is 3.69. The van der Waals surface area contributed by atoms with Crippen LogP contribution in [0, 0.1) is 5.82 Å². The summed E-state index contributed by atoms with van der Waals surface area (Å²) in [6.07, 6.45) is 1.06. The highest BCUT2D eigenvalue weighted by molar-refractivity contribution is 9.10. The Hall–Kier alpha value is -0.610. The van der Waals surface area contributed by atoms with Crippen molar-refractivity contribution in [3.8, 4) is 0 Å². The van der Waals surface area contributed by atoms with Crippen LogP contribution in [0.1, 0.15) is 6.42 Å². The highest BCUT2D eigenvalue weighted by Crippen LogP contribution is 2.23. The maximum Gasteiger partial charge on any atom is 0.147 e. The molecule has 1 fully saturated rings. The van der Waals surface area contributed by atoms with Gasteiger partial charge >= 0.3 is 0 Å². The van der Waals surface area contributed by atoms with Crippen molar-refractivity contribution < 1.29 is 4.39 Å². The number of benzene rings is 1. The Bertz CT molecular complexity index is 335. The van der Waals surface area contributed by atoms with Crippen LogP contribution in [0.3, 0.4) is 0 Å². The summed E-state index contributed by atoms with van der Waals surface area (Å²) in [5.74, 6) is -0.147. The van der Waals surface area contributed by atoms with Crippen molar-refractivity contribution in [2.45, 2.75) is 6.42 Å². The Kier molecular flexibility index (Phi) is 3.59. The van der Waals surface area contributed by atoms with Crippen LogP contribution in [0.15, 0.2) is 22.7 Å². The third-order valence-electron chi connectivity index (χ3n) is 2.59. The normalized spacial score (nSPS) is 17.6. The summed E-state index contributed by atoms with van der Waals surface area (Å²) >= 11 is 3.26. The summed E-state index contributed by atoms with van der Waals surface area (Å²) in [7, 11) is 0. The van der Waals surface area contributed by atoms with Gasteiger partial charge in [-0.15, -0.1) is 0 Å². The van der Waals surface area contributed by atoms with Crippen LogP contribution in [0.25, 0.3) is 0 Å². The van der Waals surface area contributed by atoms with Gasteiger partial charge in [-0.2, -0.15) is 0 Å². The maximum absolute atomic E-state index is 13.7. The minimum Gasteiger partial charge on any atom is -0.368 e. The number of rotatable bonds is 1. The van der Waals surface area contributed by atoms with Gasteiger partial charge in [-0.3, -0.25) is 0 Å². The molecule has 4 heteroatoms. The monoisotopic (exact) mass is 272 g/mol. The van der Waals surface area contributed by atoms with Crippen molar-refractivity contribution in [3.05, 3.63) is 28.5 Å². The molecule has 82 valence electrons. The molecule has 1 aromatic rings. The molecule has 0 aliphatic carbocycles. The van der Waals surface area contributed by atoms with Crippen molar-refractivity contribution in [2.75, 3.05) is 31.1 Å². The molecule has 0 amide bonds. The standard InChI is InChI=1S/C11H14BrFN2/c12-9-2-3-11(10(13)8-9)15-6-1-4-14-5-7-15/h2-3,8,14H,1,4-7H2. The summed E-state index contributed by atoms with van der Waals surface area (Å²) in [6, 6.07) is 5.25. The van der Waals surface area contributed by atoms with Gasteiger partial charge in [0.05, 0.1) is 5.69 Å². The predicted octanol–water partition coefficient (Wildman–Crippen LogP) is 2.39. The lowest BCUT2D eigenvalue weighted by molar-refractivity contribution is 0.617. The second-order valence-corrected chi connectivity index (χ2v) is 4.60. The van der Waals surface area contributed by atoms with Crippen LogP contribution >= 0.6 is 15.9 Å². The zero-order valence-electron chi connectivity index (χ0n) is 8.47. The molecule has 0 bridgehead atoms.